The van der Waals surface area contributed by atoms with Gasteiger partial charge in [-0.3, -0.25) is 0 Å². The third kappa shape index (κ3) is 3.15. The fourth-order valence-electron chi connectivity index (χ4n) is 2.38. The zero-order valence-corrected chi connectivity index (χ0v) is 11.3. The number of hydrogen-bond acceptors (Lipinski definition) is 4. The number of anilines is 1. The highest BCUT2D eigenvalue weighted by Gasteiger charge is 2.24. The summed E-state index contributed by atoms with van der Waals surface area (Å²) < 4.78 is 10.6. The second-order valence-electron chi connectivity index (χ2n) is 4.78. The second kappa shape index (κ2) is 6.07. The van der Waals surface area contributed by atoms with Crippen LogP contribution in [0.2, 0.25) is 0 Å². The molecule has 4 nitrogen and oxygen atoms in total. The van der Waals surface area contributed by atoms with Crippen LogP contribution in [0.25, 0.3) is 0 Å². The molecular formula is C14H22N2O2. The summed E-state index contributed by atoms with van der Waals surface area (Å²) >= 11 is 0. The van der Waals surface area contributed by atoms with Gasteiger partial charge in [0.15, 0.2) is 0 Å². The van der Waals surface area contributed by atoms with Crippen molar-refractivity contribution in [3.63, 3.8) is 0 Å². The Labute approximate surface area is 109 Å². The van der Waals surface area contributed by atoms with Gasteiger partial charge in [-0.15, -0.1) is 0 Å². The molecule has 1 heterocycles. The van der Waals surface area contributed by atoms with E-state index in [9.17, 15) is 0 Å². The molecule has 1 aromatic carbocycles. The van der Waals surface area contributed by atoms with Gasteiger partial charge < -0.3 is 19.7 Å². The average molecular weight is 250 g/mol. The topological polar surface area (TPSA) is 33.7 Å². The lowest BCUT2D eigenvalue weighted by Crippen LogP contribution is -2.35. The van der Waals surface area contributed by atoms with Gasteiger partial charge in [-0.25, -0.2) is 0 Å². The molecule has 0 bridgehead atoms. The van der Waals surface area contributed by atoms with Crippen molar-refractivity contribution in [1.29, 1.82) is 0 Å². The highest BCUT2D eigenvalue weighted by molar-refractivity contribution is 5.50. The van der Waals surface area contributed by atoms with Gasteiger partial charge in [0.25, 0.3) is 0 Å². The zero-order valence-electron chi connectivity index (χ0n) is 11.3. The first-order chi connectivity index (χ1) is 8.72. The zero-order chi connectivity index (χ0) is 13.0. The molecule has 2 rings (SSSR count). The van der Waals surface area contributed by atoms with E-state index >= 15 is 0 Å². The van der Waals surface area contributed by atoms with Gasteiger partial charge in [0.05, 0.1) is 13.2 Å². The van der Waals surface area contributed by atoms with Crippen LogP contribution in [0, 0.1) is 0 Å². The summed E-state index contributed by atoms with van der Waals surface area (Å²) in [6.45, 7) is 1.93. The van der Waals surface area contributed by atoms with E-state index in [1.807, 2.05) is 12.1 Å². The molecule has 0 aliphatic carbocycles. The van der Waals surface area contributed by atoms with Crippen LogP contribution in [0.3, 0.4) is 0 Å². The highest BCUT2D eigenvalue weighted by atomic mass is 16.5. The van der Waals surface area contributed by atoms with Gasteiger partial charge in [0.2, 0.25) is 0 Å². The maximum absolute atomic E-state index is 5.36. The molecule has 4 heteroatoms. The monoisotopic (exact) mass is 250 g/mol. The van der Waals surface area contributed by atoms with Crippen LogP contribution in [0.4, 0.5) is 5.69 Å². The molecule has 2 unspecified atom stereocenters. The van der Waals surface area contributed by atoms with Crippen molar-refractivity contribution in [2.75, 3.05) is 39.3 Å². The maximum Gasteiger partial charge on any atom is 0.120 e. The average Bonchev–Trinajstić information content (AvgIpc) is 2.86. The lowest BCUT2D eigenvalue weighted by molar-refractivity contribution is 0.117. The second-order valence-corrected chi connectivity index (χ2v) is 4.78. The van der Waals surface area contributed by atoms with E-state index in [1.54, 1.807) is 14.2 Å². The van der Waals surface area contributed by atoms with Gasteiger partial charge in [0, 0.05) is 45.0 Å². The van der Waals surface area contributed by atoms with Gasteiger partial charge in [-0.1, -0.05) is 6.07 Å². The summed E-state index contributed by atoms with van der Waals surface area (Å²) in [6.07, 6.45) is 1.43. The van der Waals surface area contributed by atoms with Gasteiger partial charge >= 0.3 is 0 Å². The molecule has 1 saturated heterocycles. The minimum Gasteiger partial charge on any atom is -0.497 e. The summed E-state index contributed by atoms with van der Waals surface area (Å²) in [4.78, 5) is 2.25. The minimum atomic E-state index is 0.355. The van der Waals surface area contributed by atoms with Crippen LogP contribution >= 0.6 is 0 Å². The Hall–Kier alpha value is -1.26. The van der Waals surface area contributed by atoms with E-state index < -0.39 is 0 Å². The van der Waals surface area contributed by atoms with Crippen LogP contribution < -0.4 is 15.0 Å². The van der Waals surface area contributed by atoms with Crippen LogP contribution in [0.15, 0.2) is 24.3 Å². The Balaban J connectivity index is 1.93. The molecular weight excluding hydrogens is 228 g/mol. The number of nitrogens with one attached hydrogen (secondary N) is 1. The first-order valence-corrected chi connectivity index (χ1v) is 6.34. The Morgan fingerprint density at radius 2 is 2.22 bits per heavy atom. The van der Waals surface area contributed by atoms with Crippen molar-refractivity contribution in [2.24, 2.45) is 0 Å². The standard InChI is InChI=1S/C14H22N2O2/c1-16(10-11-7-14(18-3)9-15-11)12-5-4-6-13(8-12)17-2/h4-6,8,11,14-15H,7,9-10H2,1-3H3. The summed E-state index contributed by atoms with van der Waals surface area (Å²) in [5, 5.41) is 3.49. The van der Waals surface area contributed by atoms with Crippen molar-refractivity contribution in [3.8, 4) is 5.75 Å². The molecule has 18 heavy (non-hydrogen) atoms. The van der Waals surface area contributed by atoms with Gasteiger partial charge in [0.1, 0.15) is 5.75 Å². The van der Waals surface area contributed by atoms with Crippen molar-refractivity contribution < 1.29 is 9.47 Å². The first-order valence-electron chi connectivity index (χ1n) is 6.34. The third-order valence-corrected chi connectivity index (χ3v) is 3.50. The van der Waals surface area contributed by atoms with Crippen molar-refractivity contribution in [1.82, 2.24) is 5.32 Å². The lowest BCUT2D eigenvalue weighted by atomic mass is 10.2. The Morgan fingerprint density at radius 1 is 1.39 bits per heavy atom. The molecule has 0 spiro atoms. The summed E-state index contributed by atoms with van der Waals surface area (Å²) in [5.74, 6) is 0.897. The lowest BCUT2D eigenvalue weighted by Gasteiger charge is -2.23. The fraction of sp³-hybridized carbons (Fsp3) is 0.571. The van der Waals surface area contributed by atoms with E-state index in [0.717, 1.165) is 25.3 Å². The molecule has 1 fully saturated rings. The van der Waals surface area contributed by atoms with Gasteiger partial charge in [-0.05, 0) is 18.6 Å². The van der Waals surface area contributed by atoms with Crippen molar-refractivity contribution >= 4 is 5.69 Å². The Kier molecular flexibility index (Phi) is 4.44. The molecule has 100 valence electrons. The van der Waals surface area contributed by atoms with E-state index in [2.05, 4.69) is 29.4 Å². The minimum absolute atomic E-state index is 0.355. The summed E-state index contributed by atoms with van der Waals surface area (Å²) in [6, 6.07) is 8.64. The molecule has 0 radical (unpaired) electrons. The molecule has 1 N–H and O–H groups in total. The van der Waals surface area contributed by atoms with E-state index in [0.29, 0.717) is 12.1 Å². The quantitative estimate of drug-likeness (QED) is 0.859. The van der Waals surface area contributed by atoms with Crippen LogP contribution in [-0.4, -0.2) is 46.5 Å². The van der Waals surface area contributed by atoms with Crippen LogP contribution in [0.5, 0.6) is 5.75 Å². The van der Waals surface area contributed by atoms with E-state index in [4.69, 9.17) is 9.47 Å². The molecule has 1 aliphatic heterocycles. The SMILES string of the molecule is COc1cccc(N(C)CC2CC(OC)CN2)c1. The largest absolute Gasteiger partial charge is 0.497 e. The molecule has 1 aromatic rings. The van der Waals surface area contributed by atoms with Crippen molar-refractivity contribution in [2.45, 2.75) is 18.6 Å². The number of benzene rings is 1. The number of ether oxygens (including phenoxy) is 2. The first kappa shape index (κ1) is 13.2. The molecule has 0 saturated carbocycles. The summed E-state index contributed by atoms with van der Waals surface area (Å²) in [5.41, 5.74) is 1.18. The summed E-state index contributed by atoms with van der Waals surface area (Å²) in [7, 11) is 5.58. The Morgan fingerprint density at radius 3 is 2.89 bits per heavy atom. The maximum atomic E-state index is 5.36. The van der Waals surface area contributed by atoms with E-state index in [-0.39, 0.29) is 0 Å². The number of nitrogens with zero attached hydrogens (tertiary/aromatic N) is 1. The molecule has 0 aromatic heterocycles. The predicted molar refractivity (Wildman–Crippen MR) is 73.5 cm³/mol. The molecule has 2 atom stereocenters. The number of likely N-dealkylation sites (N-methyl/N-ethyl adjacent to an activating group) is 1. The molecule has 0 amide bonds. The smallest absolute Gasteiger partial charge is 0.120 e. The third-order valence-electron chi connectivity index (χ3n) is 3.50. The highest BCUT2D eigenvalue weighted by Crippen LogP contribution is 2.21. The Bertz CT molecular complexity index is 384. The number of hydrogen-bond donors (Lipinski definition) is 1. The molecule has 1 aliphatic rings. The van der Waals surface area contributed by atoms with E-state index in [1.165, 1.54) is 5.69 Å². The fourth-order valence-corrected chi connectivity index (χ4v) is 2.38. The van der Waals surface area contributed by atoms with Gasteiger partial charge in [-0.2, -0.15) is 0 Å². The number of rotatable bonds is 5. The van der Waals surface area contributed by atoms with Crippen LogP contribution in [0.1, 0.15) is 6.42 Å². The normalized spacial score (nSPS) is 23.1. The predicted octanol–water partition coefficient (Wildman–Crippen LogP) is 1.51. The van der Waals surface area contributed by atoms with Crippen LogP contribution in [-0.2, 0) is 4.74 Å². The van der Waals surface area contributed by atoms with Crippen molar-refractivity contribution in [3.05, 3.63) is 24.3 Å². The number of methoxy groups -OCH3 is 2.